The largest absolute Gasteiger partial charge is 0.471 e. The van der Waals surface area contributed by atoms with Crippen molar-refractivity contribution >= 4 is 11.6 Å². The van der Waals surface area contributed by atoms with Crippen LogP contribution in [0.25, 0.3) is 11.5 Å². The molecule has 0 spiro atoms. The number of aryl methyl sites for hydroxylation is 1. The van der Waals surface area contributed by atoms with Gasteiger partial charge in [0, 0.05) is 6.20 Å². The molecule has 1 aliphatic heterocycles. The van der Waals surface area contributed by atoms with Crippen molar-refractivity contribution in [1.29, 1.82) is 0 Å². The number of nitrogens with zero attached hydrogens (tertiary/aromatic N) is 4. The molecular formula is C18H16N4O3. The van der Waals surface area contributed by atoms with Crippen LogP contribution in [0.15, 0.2) is 47.1 Å². The Kier molecular flexibility index (Phi) is 3.68. The molecule has 0 bridgehead atoms. The first-order valence-electron chi connectivity index (χ1n) is 7.97. The minimum atomic E-state index is -0.157. The zero-order valence-corrected chi connectivity index (χ0v) is 13.8. The Morgan fingerprint density at radius 3 is 2.88 bits per heavy atom. The smallest absolute Gasteiger partial charge is 0.259 e. The van der Waals surface area contributed by atoms with Crippen LogP contribution in [0.5, 0.6) is 5.88 Å². The predicted molar refractivity (Wildman–Crippen MR) is 90.5 cm³/mol. The molecule has 3 heterocycles. The summed E-state index contributed by atoms with van der Waals surface area (Å²) >= 11 is 0. The average Bonchev–Trinajstić information content (AvgIpc) is 3.06. The lowest BCUT2D eigenvalue weighted by molar-refractivity contribution is 0.0959. The van der Waals surface area contributed by atoms with E-state index in [0.29, 0.717) is 41.0 Å². The number of fused-ring (bicyclic) bond motifs is 1. The Labute approximate surface area is 144 Å². The molecular weight excluding hydrogens is 320 g/mol. The molecule has 1 aromatic carbocycles. The van der Waals surface area contributed by atoms with Crippen LogP contribution >= 0.6 is 0 Å². The normalized spacial score (nSPS) is 16.2. The van der Waals surface area contributed by atoms with E-state index in [1.54, 1.807) is 36.2 Å². The summed E-state index contributed by atoms with van der Waals surface area (Å²) in [7, 11) is 0. The quantitative estimate of drug-likeness (QED) is 0.716. The standard InChI is InChI=1S/C18H16N4O3/c1-11-10-22(15-8-5-9-19-17(15)24-11)18(23)14-7-4-3-6-13(14)16-20-12(2)21-25-16/h3-9,11H,10H2,1-2H3. The van der Waals surface area contributed by atoms with Crippen molar-refractivity contribution < 1.29 is 14.1 Å². The van der Waals surface area contributed by atoms with E-state index in [2.05, 4.69) is 15.1 Å². The van der Waals surface area contributed by atoms with Gasteiger partial charge in [-0.15, -0.1) is 0 Å². The molecule has 4 rings (SSSR count). The van der Waals surface area contributed by atoms with E-state index in [1.807, 2.05) is 25.1 Å². The summed E-state index contributed by atoms with van der Waals surface area (Å²) in [6.07, 6.45) is 1.50. The number of pyridine rings is 1. The van der Waals surface area contributed by atoms with E-state index >= 15 is 0 Å². The summed E-state index contributed by atoms with van der Waals surface area (Å²) in [5, 5.41) is 3.81. The molecule has 1 aliphatic rings. The highest BCUT2D eigenvalue weighted by Gasteiger charge is 2.30. The SMILES string of the molecule is Cc1noc(-c2ccccc2C(=O)N2CC(C)Oc3ncccc32)n1. The third-order valence-electron chi connectivity index (χ3n) is 3.95. The van der Waals surface area contributed by atoms with Crippen LogP contribution in [0.1, 0.15) is 23.1 Å². The first-order chi connectivity index (χ1) is 12.1. The van der Waals surface area contributed by atoms with Gasteiger partial charge in [0.1, 0.15) is 11.8 Å². The Morgan fingerprint density at radius 1 is 1.24 bits per heavy atom. The third kappa shape index (κ3) is 2.73. The summed E-state index contributed by atoms with van der Waals surface area (Å²) in [4.78, 5) is 23.4. The molecule has 2 aromatic heterocycles. The van der Waals surface area contributed by atoms with Gasteiger partial charge in [-0.3, -0.25) is 9.69 Å². The number of hydrogen-bond acceptors (Lipinski definition) is 6. The van der Waals surface area contributed by atoms with Gasteiger partial charge in [0.15, 0.2) is 5.82 Å². The van der Waals surface area contributed by atoms with Gasteiger partial charge in [0.05, 0.1) is 17.7 Å². The van der Waals surface area contributed by atoms with Crippen molar-refractivity contribution in [1.82, 2.24) is 15.1 Å². The summed E-state index contributed by atoms with van der Waals surface area (Å²) in [5.74, 6) is 1.15. The maximum absolute atomic E-state index is 13.3. The second-order valence-electron chi connectivity index (χ2n) is 5.86. The number of hydrogen-bond donors (Lipinski definition) is 0. The van der Waals surface area contributed by atoms with Gasteiger partial charge in [0.2, 0.25) is 5.88 Å². The molecule has 126 valence electrons. The Balaban J connectivity index is 1.78. The van der Waals surface area contributed by atoms with Crippen molar-refractivity contribution in [3.63, 3.8) is 0 Å². The first-order valence-corrected chi connectivity index (χ1v) is 7.97. The van der Waals surface area contributed by atoms with Gasteiger partial charge < -0.3 is 9.26 Å². The fourth-order valence-corrected chi connectivity index (χ4v) is 2.86. The van der Waals surface area contributed by atoms with E-state index in [4.69, 9.17) is 9.26 Å². The predicted octanol–water partition coefficient (Wildman–Crippen LogP) is 2.87. The monoisotopic (exact) mass is 336 g/mol. The lowest BCUT2D eigenvalue weighted by Gasteiger charge is -2.32. The first kappa shape index (κ1) is 15.3. The Bertz CT molecular complexity index is 937. The molecule has 25 heavy (non-hydrogen) atoms. The summed E-state index contributed by atoms with van der Waals surface area (Å²) in [5.41, 5.74) is 1.76. The molecule has 1 amide bonds. The maximum atomic E-state index is 13.3. The minimum absolute atomic E-state index is 0.149. The van der Waals surface area contributed by atoms with E-state index in [9.17, 15) is 4.79 Å². The number of amides is 1. The lowest BCUT2D eigenvalue weighted by Crippen LogP contribution is -2.42. The van der Waals surface area contributed by atoms with Gasteiger partial charge in [-0.2, -0.15) is 4.98 Å². The van der Waals surface area contributed by atoms with E-state index in [1.165, 1.54) is 0 Å². The minimum Gasteiger partial charge on any atom is -0.471 e. The fourth-order valence-electron chi connectivity index (χ4n) is 2.86. The molecule has 0 saturated heterocycles. The second kappa shape index (κ2) is 6.01. The molecule has 0 radical (unpaired) electrons. The number of carbonyl (C=O) groups excluding carboxylic acids is 1. The highest BCUT2D eigenvalue weighted by molar-refractivity contribution is 6.10. The van der Waals surface area contributed by atoms with E-state index < -0.39 is 0 Å². The van der Waals surface area contributed by atoms with Crippen molar-refractivity contribution in [2.75, 3.05) is 11.4 Å². The lowest BCUT2D eigenvalue weighted by atomic mass is 10.1. The van der Waals surface area contributed by atoms with Gasteiger partial charge >= 0.3 is 0 Å². The second-order valence-corrected chi connectivity index (χ2v) is 5.86. The molecule has 0 N–H and O–H groups in total. The third-order valence-corrected chi connectivity index (χ3v) is 3.95. The molecule has 1 atom stereocenters. The van der Waals surface area contributed by atoms with Crippen molar-refractivity contribution in [3.8, 4) is 17.3 Å². The summed E-state index contributed by atoms with van der Waals surface area (Å²) in [6, 6.07) is 10.8. The van der Waals surface area contributed by atoms with Crippen molar-refractivity contribution in [2.24, 2.45) is 0 Å². The molecule has 0 saturated carbocycles. The molecule has 7 heteroatoms. The topological polar surface area (TPSA) is 81.4 Å². The Morgan fingerprint density at radius 2 is 2.08 bits per heavy atom. The molecule has 0 fully saturated rings. The highest BCUT2D eigenvalue weighted by Crippen LogP contribution is 2.33. The van der Waals surface area contributed by atoms with Crippen LogP contribution in [-0.2, 0) is 0 Å². The fraction of sp³-hybridized carbons (Fsp3) is 0.222. The molecule has 3 aromatic rings. The van der Waals surface area contributed by atoms with E-state index in [-0.39, 0.29) is 12.0 Å². The number of benzene rings is 1. The van der Waals surface area contributed by atoms with Crippen LogP contribution < -0.4 is 9.64 Å². The van der Waals surface area contributed by atoms with Crippen LogP contribution in [0, 0.1) is 6.92 Å². The van der Waals surface area contributed by atoms with Gasteiger partial charge in [0.25, 0.3) is 11.8 Å². The van der Waals surface area contributed by atoms with Gasteiger partial charge in [-0.1, -0.05) is 17.3 Å². The maximum Gasteiger partial charge on any atom is 0.259 e. The van der Waals surface area contributed by atoms with Crippen LogP contribution in [0.3, 0.4) is 0 Å². The van der Waals surface area contributed by atoms with Gasteiger partial charge in [-0.05, 0) is 38.1 Å². The van der Waals surface area contributed by atoms with Crippen LogP contribution in [-0.4, -0.2) is 33.7 Å². The number of carbonyl (C=O) groups is 1. The zero-order valence-electron chi connectivity index (χ0n) is 13.8. The molecule has 1 unspecified atom stereocenters. The molecule has 0 aliphatic carbocycles. The summed E-state index contributed by atoms with van der Waals surface area (Å²) in [6.45, 7) is 4.09. The van der Waals surface area contributed by atoms with E-state index in [0.717, 1.165) is 0 Å². The van der Waals surface area contributed by atoms with Crippen LogP contribution in [0.2, 0.25) is 0 Å². The van der Waals surface area contributed by atoms with Crippen LogP contribution in [0.4, 0.5) is 5.69 Å². The summed E-state index contributed by atoms with van der Waals surface area (Å²) < 4.78 is 11.0. The van der Waals surface area contributed by atoms with Crippen molar-refractivity contribution in [2.45, 2.75) is 20.0 Å². The van der Waals surface area contributed by atoms with Gasteiger partial charge in [-0.25, -0.2) is 4.98 Å². The highest BCUT2D eigenvalue weighted by atomic mass is 16.5. The average molecular weight is 336 g/mol. The number of ether oxygens (including phenoxy) is 1. The number of rotatable bonds is 2. The number of anilines is 1. The molecule has 7 nitrogen and oxygen atoms in total. The zero-order chi connectivity index (χ0) is 17.4. The van der Waals surface area contributed by atoms with Crippen molar-refractivity contribution in [3.05, 3.63) is 54.0 Å². The number of aromatic nitrogens is 3. The Hall–Kier alpha value is -3.22.